The minimum Gasteiger partial charge on any atom is -0.392 e. The van der Waals surface area contributed by atoms with Crippen molar-refractivity contribution >= 4 is 0 Å². The highest BCUT2D eigenvalue weighted by Crippen LogP contribution is 2.60. The predicted molar refractivity (Wildman–Crippen MR) is 81.6 cm³/mol. The number of benzene rings is 1. The van der Waals surface area contributed by atoms with Crippen LogP contribution < -0.4 is 0 Å². The molecular weight excluding hydrogens is 244 g/mol. The summed E-state index contributed by atoms with van der Waals surface area (Å²) in [6, 6.07) is 6.70. The minimum absolute atomic E-state index is 0.186. The van der Waals surface area contributed by atoms with Crippen LogP contribution in [0.25, 0.3) is 0 Å². The van der Waals surface area contributed by atoms with E-state index in [-0.39, 0.29) is 6.61 Å². The molecule has 3 aliphatic carbocycles. The maximum absolute atomic E-state index is 9.43. The van der Waals surface area contributed by atoms with Gasteiger partial charge in [-0.2, -0.15) is 0 Å². The van der Waals surface area contributed by atoms with E-state index in [0.717, 1.165) is 23.3 Å². The van der Waals surface area contributed by atoms with Crippen molar-refractivity contribution in [3.8, 4) is 0 Å². The van der Waals surface area contributed by atoms with E-state index in [9.17, 15) is 5.11 Å². The monoisotopic (exact) mass is 270 g/mol. The Morgan fingerprint density at radius 1 is 1.20 bits per heavy atom. The first kappa shape index (κ1) is 12.9. The van der Waals surface area contributed by atoms with Crippen molar-refractivity contribution in [2.24, 2.45) is 17.3 Å². The molecule has 20 heavy (non-hydrogen) atoms. The smallest absolute Gasteiger partial charge is 0.0681 e. The topological polar surface area (TPSA) is 20.2 Å². The van der Waals surface area contributed by atoms with Crippen LogP contribution in [0.5, 0.6) is 0 Å². The van der Waals surface area contributed by atoms with Gasteiger partial charge in [0.25, 0.3) is 0 Å². The molecule has 1 aromatic carbocycles. The van der Waals surface area contributed by atoms with E-state index in [1.54, 1.807) is 11.1 Å². The number of rotatable bonds is 1. The van der Waals surface area contributed by atoms with Crippen LogP contribution in [0.2, 0.25) is 0 Å². The number of aliphatic hydroxyl groups excluding tert-OH is 1. The van der Waals surface area contributed by atoms with Crippen molar-refractivity contribution in [3.05, 3.63) is 34.9 Å². The molecule has 1 N–H and O–H groups in total. The second kappa shape index (κ2) is 4.59. The molecule has 0 saturated heterocycles. The van der Waals surface area contributed by atoms with E-state index >= 15 is 0 Å². The fourth-order valence-corrected chi connectivity index (χ4v) is 5.71. The molecule has 0 unspecified atom stereocenters. The summed E-state index contributed by atoms with van der Waals surface area (Å²) in [7, 11) is 0. The zero-order valence-corrected chi connectivity index (χ0v) is 12.6. The lowest BCUT2D eigenvalue weighted by atomic mass is 9.56. The van der Waals surface area contributed by atoms with Crippen molar-refractivity contribution < 1.29 is 5.11 Å². The first-order valence-electron chi connectivity index (χ1n) is 8.44. The van der Waals surface area contributed by atoms with Crippen LogP contribution >= 0.6 is 0 Å². The third kappa shape index (κ3) is 1.79. The van der Waals surface area contributed by atoms with Crippen molar-refractivity contribution in [1.29, 1.82) is 0 Å². The van der Waals surface area contributed by atoms with E-state index in [4.69, 9.17) is 0 Å². The summed E-state index contributed by atoms with van der Waals surface area (Å²) < 4.78 is 0. The van der Waals surface area contributed by atoms with Gasteiger partial charge in [0, 0.05) is 0 Å². The summed E-state index contributed by atoms with van der Waals surface area (Å²) in [5.74, 6) is 2.66. The van der Waals surface area contributed by atoms with Crippen LogP contribution in [-0.4, -0.2) is 5.11 Å². The molecule has 2 fully saturated rings. The van der Waals surface area contributed by atoms with E-state index in [1.807, 2.05) is 0 Å². The fourth-order valence-electron chi connectivity index (χ4n) is 5.71. The molecule has 3 aliphatic rings. The molecule has 0 amide bonds. The lowest BCUT2D eigenvalue weighted by molar-refractivity contribution is 0.0598. The van der Waals surface area contributed by atoms with Gasteiger partial charge in [0.2, 0.25) is 0 Å². The van der Waals surface area contributed by atoms with Gasteiger partial charge in [0.05, 0.1) is 6.61 Å². The molecule has 0 aliphatic heterocycles. The Bertz CT molecular complexity index is 520. The Balaban J connectivity index is 1.72. The van der Waals surface area contributed by atoms with E-state index < -0.39 is 0 Å². The van der Waals surface area contributed by atoms with Crippen molar-refractivity contribution in [1.82, 2.24) is 0 Å². The molecule has 0 spiro atoms. The third-order valence-electron chi connectivity index (χ3n) is 6.76. The van der Waals surface area contributed by atoms with Crippen LogP contribution in [-0.2, 0) is 13.0 Å². The zero-order chi connectivity index (χ0) is 13.7. The summed E-state index contributed by atoms with van der Waals surface area (Å²) in [6.07, 6.45) is 9.83. The molecule has 0 bridgehead atoms. The Labute approximate surface area is 122 Å². The van der Waals surface area contributed by atoms with Gasteiger partial charge in [-0.15, -0.1) is 0 Å². The molecule has 0 radical (unpaired) electrons. The van der Waals surface area contributed by atoms with E-state index in [0.29, 0.717) is 5.41 Å². The molecule has 2 saturated carbocycles. The van der Waals surface area contributed by atoms with Crippen molar-refractivity contribution in [2.45, 2.75) is 64.4 Å². The van der Waals surface area contributed by atoms with E-state index in [2.05, 4.69) is 25.1 Å². The minimum atomic E-state index is 0.186. The molecule has 1 aromatic rings. The molecule has 1 heteroatoms. The average Bonchev–Trinajstić information content (AvgIpc) is 2.88. The summed E-state index contributed by atoms with van der Waals surface area (Å²) >= 11 is 0. The molecule has 4 rings (SSSR count). The second-order valence-electron chi connectivity index (χ2n) is 7.69. The standard InChI is InChI=1S/C19H26O/c1-19-9-2-3-18(19)16-7-6-14-5-4-13(12-20)11-17(14)15(16)8-10-19/h4-5,11,15-16,18,20H,2-3,6-10,12H2,1H3/t15-,16+,18-,19-/m0/s1. The number of fused-ring (bicyclic) bond motifs is 5. The van der Waals surface area contributed by atoms with Gasteiger partial charge in [-0.3, -0.25) is 0 Å². The molecule has 108 valence electrons. The third-order valence-corrected chi connectivity index (χ3v) is 6.76. The van der Waals surface area contributed by atoms with Crippen LogP contribution in [0.1, 0.15) is 68.1 Å². The first-order valence-corrected chi connectivity index (χ1v) is 8.44. The zero-order valence-electron chi connectivity index (χ0n) is 12.6. The van der Waals surface area contributed by atoms with E-state index in [1.165, 1.54) is 44.9 Å². The number of aliphatic hydroxyl groups is 1. The lowest BCUT2D eigenvalue weighted by Crippen LogP contribution is -2.39. The van der Waals surface area contributed by atoms with Gasteiger partial charge in [0.1, 0.15) is 0 Å². The summed E-state index contributed by atoms with van der Waals surface area (Å²) in [4.78, 5) is 0. The Hall–Kier alpha value is -0.820. The predicted octanol–water partition coefficient (Wildman–Crippen LogP) is 4.43. The van der Waals surface area contributed by atoms with Gasteiger partial charge in [-0.25, -0.2) is 0 Å². The molecule has 1 nitrogen and oxygen atoms in total. The Morgan fingerprint density at radius 3 is 2.95 bits per heavy atom. The highest BCUT2D eigenvalue weighted by atomic mass is 16.3. The van der Waals surface area contributed by atoms with Crippen LogP contribution in [0.4, 0.5) is 0 Å². The summed E-state index contributed by atoms with van der Waals surface area (Å²) in [5, 5.41) is 9.43. The van der Waals surface area contributed by atoms with Crippen LogP contribution in [0.3, 0.4) is 0 Å². The molecule has 0 heterocycles. The fraction of sp³-hybridized carbons (Fsp3) is 0.684. The first-order chi connectivity index (χ1) is 9.71. The molecule has 4 atom stereocenters. The summed E-state index contributed by atoms with van der Waals surface area (Å²) in [5.41, 5.74) is 4.89. The summed E-state index contributed by atoms with van der Waals surface area (Å²) in [6.45, 7) is 2.74. The van der Waals surface area contributed by atoms with Crippen molar-refractivity contribution in [2.75, 3.05) is 0 Å². The molecular formula is C19H26O. The molecule has 0 aromatic heterocycles. The van der Waals surface area contributed by atoms with Gasteiger partial charge in [-0.1, -0.05) is 31.5 Å². The SMILES string of the molecule is C[C@@]12CCC[C@H]1[C@@H]1CCc3ccc(CO)cc3[C@H]1CC2. The Kier molecular flexibility index (Phi) is 2.96. The van der Waals surface area contributed by atoms with Gasteiger partial charge < -0.3 is 5.11 Å². The maximum atomic E-state index is 9.43. The number of aryl methyl sites for hydroxylation is 1. The number of hydrogen-bond donors (Lipinski definition) is 1. The largest absolute Gasteiger partial charge is 0.392 e. The normalized spacial score (nSPS) is 39.0. The maximum Gasteiger partial charge on any atom is 0.0681 e. The highest BCUT2D eigenvalue weighted by molar-refractivity contribution is 5.38. The second-order valence-corrected chi connectivity index (χ2v) is 7.69. The van der Waals surface area contributed by atoms with Crippen LogP contribution in [0.15, 0.2) is 18.2 Å². The van der Waals surface area contributed by atoms with Gasteiger partial charge in [-0.05, 0) is 78.4 Å². The van der Waals surface area contributed by atoms with Gasteiger partial charge in [0.15, 0.2) is 0 Å². The quantitative estimate of drug-likeness (QED) is 0.800. The van der Waals surface area contributed by atoms with Crippen LogP contribution in [0, 0.1) is 17.3 Å². The highest BCUT2D eigenvalue weighted by Gasteiger charge is 2.50. The average molecular weight is 270 g/mol. The van der Waals surface area contributed by atoms with Crippen molar-refractivity contribution in [3.63, 3.8) is 0 Å². The number of hydrogen-bond acceptors (Lipinski definition) is 1. The Morgan fingerprint density at radius 2 is 2.10 bits per heavy atom. The lowest BCUT2D eigenvalue weighted by Gasteiger charge is -2.49. The van der Waals surface area contributed by atoms with Gasteiger partial charge >= 0.3 is 0 Å².